The number of hydrogen-bond donors (Lipinski definition) is 2. The van der Waals surface area contributed by atoms with Crippen LogP contribution in [0.15, 0.2) is 48.9 Å². The zero-order valence-corrected chi connectivity index (χ0v) is 25.5. The molecule has 0 unspecified atom stereocenters. The molecular weight excluding hydrogens is 614 g/mol. The van der Waals surface area contributed by atoms with E-state index in [1.807, 2.05) is 30.3 Å². The van der Waals surface area contributed by atoms with Crippen LogP contribution in [0.1, 0.15) is 53.3 Å². The van der Waals surface area contributed by atoms with Crippen molar-refractivity contribution < 1.29 is 27.9 Å². The number of rotatable bonds is 8. The van der Waals surface area contributed by atoms with Crippen LogP contribution in [-0.4, -0.2) is 93.1 Å². The van der Waals surface area contributed by atoms with Crippen LogP contribution < -0.4 is 20.4 Å². The van der Waals surface area contributed by atoms with Crippen molar-refractivity contribution >= 4 is 40.7 Å². The number of anilines is 3. The highest BCUT2D eigenvalue weighted by atomic mass is 19.3. The number of para-hydroxylation sites is 1. The number of aromatic nitrogens is 5. The third-order valence-electron chi connectivity index (χ3n) is 8.81. The second-order valence-corrected chi connectivity index (χ2v) is 11.8. The molecule has 0 spiro atoms. The van der Waals surface area contributed by atoms with Crippen LogP contribution in [-0.2, 0) is 16.1 Å². The number of likely N-dealkylation sites (tertiary alicyclic amines) is 1. The van der Waals surface area contributed by atoms with Gasteiger partial charge in [-0.15, -0.1) is 0 Å². The van der Waals surface area contributed by atoms with Crippen LogP contribution in [0, 0.1) is 0 Å². The Morgan fingerprint density at radius 3 is 2.62 bits per heavy atom. The van der Waals surface area contributed by atoms with Gasteiger partial charge in [0, 0.05) is 63.8 Å². The predicted octanol–water partition coefficient (Wildman–Crippen LogP) is 3.24. The number of alkyl halides is 2. The number of halogens is 2. The number of fused-ring (bicyclic) bond motifs is 1. The molecule has 0 atom stereocenters. The third-order valence-corrected chi connectivity index (χ3v) is 8.81. The molecule has 2 N–H and O–H groups in total. The average molecular weight is 649 g/mol. The molecule has 246 valence electrons. The molecule has 0 saturated carbocycles. The van der Waals surface area contributed by atoms with E-state index in [1.165, 1.54) is 21.6 Å². The van der Waals surface area contributed by atoms with Crippen molar-refractivity contribution in [1.82, 2.24) is 34.6 Å². The van der Waals surface area contributed by atoms with Crippen molar-refractivity contribution in [2.45, 2.75) is 38.3 Å². The number of piperidine rings is 1. The van der Waals surface area contributed by atoms with Gasteiger partial charge in [0.15, 0.2) is 11.3 Å². The quantitative estimate of drug-likeness (QED) is 0.295. The smallest absolute Gasteiger partial charge is 0.328 e. The van der Waals surface area contributed by atoms with Crippen LogP contribution in [0.3, 0.4) is 0 Å². The Hall–Kier alpha value is -4.96. The molecule has 47 heavy (non-hydrogen) atoms. The number of urea groups is 1. The topological polar surface area (TPSA) is 142 Å². The van der Waals surface area contributed by atoms with Gasteiger partial charge in [0.05, 0.1) is 31.1 Å². The minimum atomic E-state index is -2.89. The molecule has 7 rings (SSSR count). The molecule has 4 aromatic rings. The lowest BCUT2D eigenvalue weighted by Crippen LogP contribution is -2.50. The first-order valence-electron chi connectivity index (χ1n) is 15.6. The summed E-state index contributed by atoms with van der Waals surface area (Å²) in [5, 5.41) is 13.4. The van der Waals surface area contributed by atoms with E-state index in [2.05, 4.69) is 35.6 Å². The number of nitrogens with zero attached hydrogens (tertiary/aromatic N) is 8. The monoisotopic (exact) mass is 648 g/mol. The maximum atomic E-state index is 14.1. The number of imide groups is 1. The first kappa shape index (κ1) is 30.7. The lowest BCUT2D eigenvalue weighted by atomic mass is 10.0. The molecule has 4 amide bonds. The van der Waals surface area contributed by atoms with E-state index in [4.69, 9.17) is 4.74 Å². The summed E-state index contributed by atoms with van der Waals surface area (Å²) in [6.07, 6.45) is 3.22. The van der Waals surface area contributed by atoms with E-state index in [9.17, 15) is 23.2 Å². The fraction of sp³-hybridized carbons (Fsp3) is 0.419. The summed E-state index contributed by atoms with van der Waals surface area (Å²) in [7, 11) is 0. The number of carbonyl (C=O) groups excluding carboxylic acids is 3. The van der Waals surface area contributed by atoms with Crippen LogP contribution in [0.25, 0.3) is 5.65 Å². The lowest BCUT2D eigenvalue weighted by Gasteiger charge is -2.34. The van der Waals surface area contributed by atoms with Gasteiger partial charge in [0.1, 0.15) is 11.4 Å². The Morgan fingerprint density at radius 1 is 1.06 bits per heavy atom. The molecule has 3 saturated heterocycles. The summed E-state index contributed by atoms with van der Waals surface area (Å²) < 4.78 is 36.7. The van der Waals surface area contributed by atoms with Crippen molar-refractivity contribution in [3.8, 4) is 0 Å². The number of ether oxygens (including phenoxy) is 1. The highest BCUT2D eigenvalue weighted by molar-refractivity contribution is 6.08. The van der Waals surface area contributed by atoms with Gasteiger partial charge in [0.25, 0.3) is 12.3 Å². The van der Waals surface area contributed by atoms with Gasteiger partial charge in [-0.05, 0) is 30.5 Å². The van der Waals surface area contributed by atoms with Crippen molar-refractivity contribution in [3.05, 3.63) is 65.7 Å². The molecular formula is C31H34F2N10O4. The van der Waals surface area contributed by atoms with Crippen molar-refractivity contribution in [1.29, 1.82) is 0 Å². The Bertz CT molecular complexity index is 1800. The zero-order chi connectivity index (χ0) is 32.5. The fourth-order valence-electron chi connectivity index (χ4n) is 6.31. The molecule has 1 aromatic carbocycles. The molecule has 3 fully saturated rings. The second kappa shape index (κ2) is 13.0. The zero-order valence-electron chi connectivity index (χ0n) is 25.5. The van der Waals surface area contributed by atoms with E-state index >= 15 is 0 Å². The van der Waals surface area contributed by atoms with E-state index in [0.29, 0.717) is 76.8 Å². The van der Waals surface area contributed by atoms with E-state index < -0.39 is 24.1 Å². The van der Waals surface area contributed by atoms with Gasteiger partial charge < -0.3 is 15.0 Å². The average Bonchev–Trinajstić information content (AvgIpc) is 3.70. The number of hydrogen-bond acceptors (Lipinski definition) is 9. The minimum absolute atomic E-state index is 0.0525. The first-order valence-corrected chi connectivity index (χ1v) is 15.6. The van der Waals surface area contributed by atoms with E-state index in [1.54, 1.807) is 11.1 Å². The van der Waals surface area contributed by atoms with Crippen LogP contribution in [0.5, 0.6) is 0 Å². The standard InChI is InChI=1S/C31H34F2N10O4/c32-28(33)27-23(35-30(45)22-17-34-42-12-7-25(36-29(22)42)40-13-15-47-16-14-40)19-43(38-27)21-5-9-39(10-6-21)18-20-3-1-2-4-24(20)41-11-8-26(44)37-31(41)46/h1-4,7,12,17,19,21,28H,5-6,8-11,13-16,18H2,(H,35,45)(H,37,44,46). The maximum Gasteiger partial charge on any atom is 0.328 e. The third kappa shape index (κ3) is 6.38. The molecule has 0 aliphatic carbocycles. The van der Waals surface area contributed by atoms with Crippen LogP contribution in [0.2, 0.25) is 0 Å². The SMILES string of the molecule is O=C1CCN(c2ccccc2CN2CCC(n3cc(NC(=O)c4cnn5ccc(N6CCOCC6)nc45)c(C(F)F)n3)CC2)C(=O)N1. The summed E-state index contributed by atoms with van der Waals surface area (Å²) in [6.45, 7) is 4.75. The summed E-state index contributed by atoms with van der Waals surface area (Å²) in [5.41, 5.74) is 1.65. The minimum Gasteiger partial charge on any atom is -0.378 e. The Morgan fingerprint density at radius 2 is 1.85 bits per heavy atom. The molecule has 0 bridgehead atoms. The normalized spacial score (nSPS) is 18.3. The molecule has 3 aliphatic heterocycles. The van der Waals surface area contributed by atoms with Gasteiger partial charge in [0.2, 0.25) is 5.91 Å². The van der Waals surface area contributed by atoms with Gasteiger partial charge in [-0.2, -0.15) is 10.2 Å². The number of amides is 4. The predicted molar refractivity (Wildman–Crippen MR) is 167 cm³/mol. The molecule has 3 aromatic heterocycles. The van der Waals surface area contributed by atoms with Gasteiger partial charge in [-0.3, -0.25) is 29.4 Å². The summed E-state index contributed by atoms with van der Waals surface area (Å²) in [5.74, 6) is -0.208. The van der Waals surface area contributed by atoms with Crippen LogP contribution >= 0.6 is 0 Å². The number of benzene rings is 1. The van der Waals surface area contributed by atoms with Crippen molar-refractivity contribution in [2.24, 2.45) is 0 Å². The lowest BCUT2D eigenvalue weighted by molar-refractivity contribution is -0.120. The molecule has 3 aliphatic rings. The molecule has 16 heteroatoms. The summed E-state index contributed by atoms with van der Waals surface area (Å²) in [6, 6.07) is 8.85. The Labute approximate surface area is 268 Å². The highest BCUT2D eigenvalue weighted by Crippen LogP contribution is 2.32. The number of carbonyl (C=O) groups is 3. The first-order chi connectivity index (χ1) is 22.8. The summed E-state index contributed by atoms with van der Waals surface area (Å²) in [4.78, 5) is 48.0. The van der Waals surface area contributed by atoms with Gasteiger partial charge in [-0.25, -0.2) is 23.1 Å². The van der Waals surface area contributed by atoms with Gasteiger partial charge >= 0.3 is 6.03 Å². The van der Waals surface area contributed by atoms with Gasteiger partial charge in [-0.1, -0.05) is 18.2 Å². The largest absolute Gasteiger partial charge is 0.378 e. The molecule has 14 nitrogen and oxygen atoms in total. The van der Waals surface area contributed by atoms with Crippen molar-refractivity contribution in [3.63, 3.8) is 0 Å². The Balaban J connectivity index is 1.02. The number of morpholine rings is 1. The second-order valence-electron chi connectivity index (χ2n) is 11.8. The number of nitrogens with one attached hydrogen (secondary N) is 2. The van der Waals surface area contributed by atoms with E-state index in [-0.39, 0.29) is 29.6 Å². The summed E-state index contributed by atoms with van der Waals surface area (Å²) >= 11 is 0. The highest BCUT2D eigenvalue weighted by Gasteiger charge is 2.29. The Kier molecular flexibility index (Phi) is 8.51. The van der Waals surface area contributed by atoms with Crippen molar-refractivity contribution in [2.75, 3.05) is 61.1 Å². The van der Waals surface area contributed by atoms with Crippen LogP contribution in [0.4, 0.5) is 30.8 Å². The maximum absolute atomic E-state index is 14.1. The van der Waals surface area contributed by atoms with E-state index in [0.717, 1.165) is 11.3 Å². The molecule has 6 heterocycles. The fourth-order valence-corrected chi connectivity index (χ4v) is 6.31. The molecule has 0 radical (unpaired) electrons.